The molecule has 0 unspecified atom stereocenters. The van der Waals surface area contributed by atoms with Crippen molar-refractivity contribution in [3.63, 3.8) is 0 Å². The fourth-order valence-corrected chi connectivity index (χ4v) is 0.999. The monoisotopic (exact) mass is 197 g/mol. The van der Waals surface area contributed by atoms with Crippen molar-refractivity contribution in [1.29, 1.82) is 0 Å². The molecule has 0 bridgehead atoms. The summed E-state index contributed by atoms with van der Waals surface area (Å²) in [5.41, 5.74) is 5.90. The molecular formula is C11H16FNO. The first kappa shape index (κ1) is 12.6. The minimum Gasteiger partial charge on any atom is -0.366 e. The summed E-state index contributed by atoms with van der Waals surface area (Å²) in [4.78, 5) is 10.7. The maximum absolute atomic E-state index is 12.9. The molecule has 2 N–H and O–H groups in total. The highest BCUT2D eigenvalue weighted by Crippen LogP contribution is 2.10. The largest absolute Gasteiger partial charge is 0.366 e. The third-order valence-corrected chi connectivity index (χ3v) is 1.71. The Bertz CT molecular complexity index is 310. The molecule has 1 amide bonds. The normalized spacial score (nSPS) is 8.86. The van der Waals surface area contributed by atoms with Crippen molar-refractivity contribution in [1.82, 2.24) is 0 Å². The summed E-state index contributed by atoms with van der Waals surface area (Å²) in [6.45, 7) is 5.82. The van der Waals surface area contributed by atoms with Gasteiger partial charge in [-0.15, -0.1) is 0 Å². The van der Waals surface area contributed by atoms with Gasteiger partial charge in [0.25, 0.3) is 0 Å². The second kappa shape index (κ2) is 6.13. The smallest absolute Gasteiger partial charge is 0.248 e. The number of benzene rings is 1. The van der Waals surface area contributed by atoms with Gasteiger partial charge >= 0.3 is 0 Å². The van der Waals surface area contributed by atoms with E-state index >= 15 is 0 Å². The van der Waals surface area contributed by atoms with Crippen molar-refractivity contribution in [2.45, 2.75) is 27.2 Å². The SMILES string of the molecule is CC.CCc1cc(C(N)=O)ccc1F. The number of carbonyl (C=O) groups is 1. The highest BCUT2D eigenvalue weighted by Gasteiger charge is 2.04. The van der Waals surface area contributed by atoms with Crippen LogP contribution in [-0.4, -0.2) is 5.91 Å². The van der Waals surface area contributed by atoms with Gasteiger partial charge in [-0.05, 0) is 30.2 Å². The lowest BCUT2D eigenvalue weighted by Crippen LogP contribution is -2.11. The number of amides is 1. The first-order valence-electron chi connectivity index (χ1n) is 4.73. The number of carbonyl (C=O) groups excluding carboxylic acids is 1. The van der Waals surface area contributed by atoms with Crippen LogP contribution in [-0.2, 0) is 6.42 Å². The predicted molar refractivity (Wildman–Crippen MR) is 55.6 cm³/mol. The van der Waals surface area contributed by atoms with E-state index in [0.29, 0.717) is 17.5 Å². The highest BCUT2D eigenvalue weighted by atomic mass is 19.1. The average Bonchev–Trinajstić information content (AvgIpc) is 2.21. The molecule has 1 rings (SSSR count). The Kier molecular flexibility index (Phi) is 5.53. The number of aryl methyl sites for hydroxylation is 1. The lowest BCUT2D eigenvalue weighted by Gasteiger charge is -2.00. The van der Waals surface area contributed by atoms with Crippen LogP contribution >= 0.6 is 0 Å². The van der Waals surface area contributed by atoms with Gasteiger partial charge in [0.1, 0.15) is 5.82 Å². The van der Waals surface area contributed by atoms with Crippen LogP contribution < -0.4 is 5.73 Å². The molecule has 1 aromatic rings. The summed E-state index contributed by atoms with van der Waals surface area (Å²) in [6, 6.07) is 4.13. The van der Waals surface area contributed by atoms with E-state index in [0.717, 1.165) is 0 Å². The lowest BCUT2D eigenvalue weighted by molar-refractivity contribution is 0.1000. The number of halogens is 1. The van der Waals surface area contributed by atoms with Gasteiger partial charge in [0.2, 0.25) is 5.91 Å². The van der Waals surface area contributed by atoms with Gasteiger partial charge in [-0.25, -0.2) is 4.39 Å². The molecule has 0 radical (unpaired) electrons. The number of rotatable bonds is 2. The Morgan fingerprint density at radius 3 is 2.43 bits per heavy atom. The Morgan fingerprint density at radius 2 is 2.00 bits per heavy atom. The summed E-state index contributed by atoms with van der Waals surface area (Å²) >= 11 is 0. The summed E-state index contributed by atoms with van der Waals surface area (Å²) in [7, 11) is 0. The number of hydrogen-bond acceptors (Lipinski definition) is 1. The number of hydrogen-bond donors (Lipinski definition) is 1. The summed E-state index contributed by atoms with van der Waals surface area (Å²) in [6.07, 6.45) is 0.562. The Labute approximate surface area is 83.9 Å². The van der Waals surface area contributed by atoms with E-state index in [4.69, 9.17) is 5.73 Å². The van der Waals surface area contributed by atoms with Gasteiger partial charge in [-0.2, -0.15) is 0 Å². The number of nitrogens with two attached hydrogens (primary N) is 1. The molecule has 0 saturated carbocycles. The molecule has 0 atom stereocenters. The van der Waals surface area contributed by atoms with Crippen LogP contribution in [0.15, 0.2) is 18.2 Å². The van der Waals surface area contributed by atoms with Crippen LogP contribution in [0, 0.1) is 5.82 Å². The molecule has 2 nitrogen and oxygen atoms in total. The van der Waals surface area contributed by atoms with Crippen LogP contribution in [0.25, 0.3) is 0 Å². The molecule has 0 aliphatic rings. The van der Waals surface area contributed by atoms with E-state index in [-0.39, 0.29) is 5.82 Å². The molecule has 0 heterocycles. The van der Waals surface area contributed by atoms with Crippen molar-refractivity contribution in [3.05, 3.63) is 35.1 Å². The fraction of sp³-hybridized carbons (Fsp3) is 0.364. The van der Waals surface area contributed by atoms with Gasteiger partial charge in [-0.3, -0.25) is 4.79 Å². The average molecular weight is 197 g/mol. The van der Waals surface area contributed by atoms with E-state index in [1.807, 2.05) is 20.8 Å². The zero-order chi connectivity index (χ0) is 11.1. The minimum absolute atomic E-state index is 0.289. The molecule has 0 fully saturated rings. The quantitative estimate of drug-likeness (QED) is 0.777. The molecule has 78 valence electrons. The molecule has 0 spiro atoms. The van der Waals surface area contributed by atoms with Gasteiger partial charge < -0.3 is 5.73 Å². The van der Waals surface area contributed by atoms with Crippen molar-refractivity contribution in [2.24, 2.45) is 5.73 Å². The zero-order valence-electron chi connectivity index (χ0n) is 8.80. The molecule has 3 heteroatoms. The Hall–Kier alpha value is -1.38. The van der Waals surface area contributed by atoms with Crippen molar-refractivity contribution >= 4 is 5.91 Å². The van der Waals surface area contributed by atoms with E-state index in [1.54, 1.807) is 0 Å². The van der Waals surface area contributed by atoms with Crippen LogP contribution in [0.2, 0.25) is 0 Å². The topological polar surface area (TPSA) is 43.1 Å². The van der Waals surface area contributed by atoms with E-state index < -0.39 is 5.91 Å². The highest BCUT2D eigenvalue weighted by molar-refractivity contribution is 5.92. The van der Waals surface area contributed by atoms with Crippen molar-refractivity contribution in [2.75, 3.05) is 0 Å². The third kappa shape index (κ3) is 3.17. The first-order valence-corrected chi connectivity index (χ1v) is 4.73. The molecule has 14 heavy (non-hydrogen) atoms. The van der Waals surface area contributed by atoms with Gasteiger partial charge in [0.15, 0.2) is 0 Å². The van der Waals surface area contributed by atoms with E-state index in [9.17, 15) is 9.18 Å². The van der Waals surface area contributed by atoms with Crippen LogP contribution in [0.3, 0.4) is 0 Å². The van der Waals surface area contributed by atoms with E-state index in [1.165, 1.54) is 18.2 Å². The van der Waals surface area contributed by atoms with Crippen LogP contribution in [0.1, 0.15) is 36.7 Å². The first-order chi connectivity index (χ1) is 6.65. The van der Waals surface area contributed by atoms with Crippen LogP contribution in [0.5, 0.6) is 0 Å². The summed E-state index contributed by atoms with van der Waals surface area (Å²) in [5, 5.41) is 0. The second-order valence-corrected chi connectivity index (χ2v) is 2.52. The lowest BCUT2D eigenvalue weighted by atomic mass is 10.1. The standard InChI is InChI=1S/C9H10FNO.C2H6/c1-2-6-5-7(9(11)12)3-4-8(6)10;1-2/h3-5H,2H2,1H3,(H2,11,12);1-2H3. The molecule has 0 aliphatic heterocycles. The van der Waals surface area contributed by atoms with Gasteiger partial charge in [0.05, 0.1) is 0 Å². The molecule has 0 aliphatic carbocycles. The number of primary amides is 1. The Morgan fingerprint density at radius 1 is 1.43 bits per heavy atom. The molecule has 1 aromatic carbocycles. The fourth-order valence-electron chi connectivity index (χ4n) is 0.999. The Balaban J connectivity index is 0.000000791. The maximum Gasteiger partial charge on any atom is 0.248 e. The van der Waals surface area contributed by atoms with Gasteiger partial charge in [0, 0.05) is 5.56 Å². The van der Waals surface area contributed by atoms with Gasteiger partial charge in [-0.1, -0.05) is 20.8 Å². The minimum atomic E-state index is -0.523. The van der Waals surface area contributed by atoms with Crippen LogP contribution in [0.4, 0.5) is 4.39 Å². The van der Waals surface area contributed by atoms with E-state index in [2.05, 4.69) is 0 Å². The van der Waals surface area contributed by atoms with Crippen molar-refractivity contribution < 1.29 is 9.18 Å². The maximum atomic E-state index is 12.9. The molecule has 0 saturated heterocycles. The molecular weight excluding hydrogens is 181 g/mol. The third-order valence-electron chi connectivity index (χ3n) is 1.71. The molecule has 0 aromatic heterocycles. The predicted octanol–water partition coefficient (Wildman–Crippen LogP) is 2.51. The summed E-state index contributed by atoms with van der Waals surface area (Å²) in [5.74, 6) is -0.813. The summed E-state index contributed by atoms with van der Waals surface area (Å²) < 4.78 is 12.9. The van der Waals surface area contributed by atoms with Crippen molar-refractivity contribution in [3.8, 4) is 0 Å². The second-order valence-electron chi connectivity index (χ2n) is 2.52. The zero-order valence-corrected chi connectivity index (χ0v) is 8.80.